The lowest BCUT2D eigenvalue weighted by Gasteiger charge is -2.34. The van der Waals surface area contributed by atoms with Crippen LogP contribution < -0.4 is 0 Å². The van der Waals surface area contributed by atoms with Crippen molar-refractivity contribution in [3.63, 3.8) is 0 Å². The number of rotatable bonds is 6. The zero-order valence-corrected chi connectivity index (χ0v) is 32.3. The van der Waals surface area contributed by atoms with Crippen LogP contribution in [0.3, 0.4) is 0 Å². The molecule has 11 rings (SSSR count). The molecule has 0 saturated heterocycles. The summed E-state index contributed by atoms with van der Waals surface area (Å²) in [5.41, 5.74) is 19.1. The quantitative estimate of drug-likeness (QED) is 0.150. The Bertz CT molecular complexity index is 2930. The van der Waals surface area contributed by atoms with Gasteiger partial charge >= 0.3 is 0 Å². The lowest BCUT2D eigenvalue weighted by Crippen LogP contribution is -2.28. The van der Waals surface area contributed by atoms with Gasteiger partial charge in [0.2, 0.25) is 0 Å². The normalized spacial score (nSPS) is 14.7. The number of hydrogen-bond donors (Lipinski definition) is 0. The topological polar surface area (TPSA) is 0 Å². The van der Waals surface area contributed by atoms with Crippen LogP contribution in [0, 0.1) is 0 Å². The molecule has 1 unspecified atom stereocenters. The van der Waals surface area contributed by atoms with Crippen molar-refractivity contribution in [2.45, 2.75) is 30.6 Å². The Labute approximate surface area is 335 Å². The van der Waals surface area contributed by atoms with Crippen LogP contribution in [0.1, 0.15) is 69.8 Å². The fourth-order valence-electron chi connectivity index (χ4n) is 10.4. The Hall–Kier alpha value is -6.76. The highest BCUT2D eigenvalue weighted by Crippen LogP contribution is 2.58. The van der Waals surface area contributed by atoms with Gasteiger partial charge in [-0.15, -0.1) is 0 Å². The molecule has 9 aromatic rings. The van der Waals surface area contributed by atoms with Gasteiger partial charge in [0.1, 0.15) is 0 Å². The van der Waals surface area contributed by atoms with Gasteiger partial charge < -0.3 is 0 Å². The van der Waals surface area contributed by atoms with E-state index in [2.05, 4.69) is 226 Å². The van der Waals surface area contributed by atoms with Crippen LogP contribution in [-0.2, 0) is 10.8 Å². The summed E-state index contributed by atoms with van der Waals surface area (Å²) in [6.45, 7) is 4.73. The van der Waals surface area contributed by atoms with E-state index >= 15 is 0 Å². The van der Waals surface area contributed by atoms with E-state index in [9.17, 15) is 0 Å². The molecule has 0 N–H and O–H groups in total. The van der Waals surface area contributed by atoms with E-state index in [-0.39, 0.29) is 11.3 Å². The number of hydrogen-bond acceptors (Lipinski definition) is 0. The lowest BCUT2D eigenvalue weighted by atomic mass is 9.67. The molecule has 0 radical (unpaired) electrons. The third kappa shape index (κ3) is 5.07. The molecule has 9 aromatic carbocycles. The van der Waals surface area contributed by atoms with Gasteiger partial charge in [-0.05, 0) is 106 Å². The monoisotopic (exact) mass is 726 g/mol. The molecule has 1 atom stereocenters. The summed E-state index contributed by atoms with van der Waals surface area (Å²) in [4.78, 5) is 0. The first-order valence-electron chi connectivity index (χ1n) is 20.2. The largest absolute Gasteiger partial charge is 0.0713 e. The van der Waals surface area contributed by atoms with Gasteiger partial charge in [-0.25, -0.2) is 0 Å². The van der Waals surface area contributed by atoms with Crippen LogP contribution in [-0.4, -0.2) is 0 Å². The van der Waals surface area contributed by atoms with Crippen molar-refractivity contribution in [3.05, 3.63) is 262 Å². The molecule has 2 aliphatic carbocycles. The van der Waals surface area contributed by atoms with Crippen molar-refractivity contribution in [1.82, 2.24) is 0 Å². The molecular formula is C57H42. The second kappa shape index (κ2) is 12.9. The van der Waals surface area contributed by atoms with Crippen LogP contribution in [0.4, 0.5) is 0 Å². The summed E-state index contributed by atoms with van der Waals surface area (Å²) < 4.78 is 0. The Kier molecular flexibility index (Phi) is 7.60. The smallest absolute Gasteiger partial charge is 0.0622 e. The van der Waals surface area contributed by atoms with Crippen LogP contribution >= 0.6 is 0 Å². The van der Waals surface area contributed by atoms with Crippen LogP contribution in [0.15, 0.2) is 212 Å². The van der Waals surface area contributed by atoms with Crippen LogP contribution in [0.2, 0.25) is 0 Å². The highest BCUT2D eigenvalue weighted by Gasteiger charge is 2.46. The predicted molar refractivity (Wildman–Crippen MR) is 238 cm³/mol. The van der Waals surface area contributed by atoms with E-state index in [1.165, 1.54) is 94.2 Å². The maximum atomic E-state index is 2.56. The fraction of sp³-hybridized carbons (Fsp3) is 0.0877. The standard InChI is InChI=1S/C57H42/c1-56(2)51-25-15-14-24-47(51)49-36-43(30-32-52(49)56)55(42-27-26-39-18-12-13-19-40(39)34-42)44-28-31-48-50-35-41(38-16-6-3-7-17-38)29-33-53(50)57(54(48)37-44,45-20-8-4-9-21-45)46-22-10-5-11-23-46/h3-37,55H,1-2H3. The van der Waals surface area contributed by atoms with E-state index in [0.717, 1.165) is 0 Å². The lowest BCUT2D eigenvalue weighted by molar-refractivity contribution is 0.660. The Morgan fingerprint density at radius 2 is 0.842 bits per heavy atom. The van der Waals surface area contributed by atoms with E-state index in [1.807, 2.05) is 0 Å². The van der Waals surface area contributed by atoms with Crippen molar-refractivity contribution >= 4 is 10.8 Å². The average Bonchev–Trinajstić information content (AvgIpc) is 3.69. The van der Waals surface area contributed by atoms with Crippen LogP contribution in [0.25, 0.3) is 44.2 Å². The third-order valence-corrected chi connectivity index (χ3v) is 13.1. The second-order valence-electron chi connectivity index (χ2n) is 16.4. The van der Waals surface area contributed by atoms with Gasteiger partial charge in [0.25, 0.3) is 0 Å². The molecule has 270 valence electrons. The summed E-state index contributed by atoms with van der Waals surface area (Å²) in [5, 5.41) is 2.52. The summed E-state index contributed by atoms with van der Waals surface area (Å²) in [6, 6.07) is 79.8. The zero-order chi connectivity index (χ0) is 38.1. The number of fused-ring (bicyclic) bond motifs is 7. The number of benzene rings is 9. The predicted octanol–water partition coefficient (Wildman–Crippen LogP) is 14.4. The maximum Gasteiger partial charge on any atom is 0.0713 e. The minimum atomic E-state index is -0.507. The first-order valence-corrected chi connectivity index (χ1v) is 20.2. The molecule has 0 aliphatic heterocycles. The zero-order valence-electron chi connectivity index (χ0n) is 32.3. The molecule has 0 heterocycles. The molecular weight excluding hydrogens is 685 g/mol. The van der Waals surface area contributed by atoms with Gasteiger partial charge in [0, 0.05) is 11.3 Å². The first-order chi connectivity index (χ1) is 28.0. The molecule has 0 spiro atoms. The van der Waals surface area contributed by atoms with Crippen molar-refractivity contribution in [1.29, 1.82) is 0 Å². The van der Waals surface area contributed by atoms with Crippen LogP contribution in [0.5, 0.6) is 0 Å². The Balaban J connectivity index is 1.19. The Morgan fingerprint density at radius 1 is 0.316 bits per heavy atom. The van der Waals surface area contributed by atoms with Gasteiger partial charge in [-0.2, -0.15) is 0 Å². The summed E-state index contributed by atoms with van der Waals surface area (Å²) in [5.74, 6) is 0.00826. The molecule has 0 aromatic heterocycles. The average molecular weight is 727 g/mol. The minimum Gasteiger partial charge on any atom is -0.0622 e. The second-order valence-corrected chi connectivity index (χ2v) is 16.4. The summed E-state index contributed by atoms with van der Waals surface area (Å²) in [7, 11) is 0. The van der Waals surface area contributed by atoms with Crippen molar-refractivity contribution < 1.29 is 0 Å². The van der Waals surface area contributed by atoms with Gasteiger partial charge in [0.05, 0.1) is 5.41 Å². The SMILES string of the molecule is CC1(C)c2ccccc2-c2cc(C(c3ccc4c(c3)C(c3ccccc3)(c3ccccc3)c3ccc(-c5ccccc5)cc3-4)c3ccc4ccccc4c3)ccc21. The van der Waals surface area contributed by atoms with E-state index < -0.39 is 5.41 Å². The van der Waals surface area contributed by atoms with Crippen molar-refractivity contribution in [2.75, 3.05) is 0 Å². The molecule has 2 aliphatic rings. The first kappa shape index (κ1) is 33.6. The molecule has 57 heavy (non-hydrogen) atoms. The molecule has 0 amide bonds. The third-order valence-electron chi connectivity index (χ3n) is 13.1. The summed E-state index contributed by atoms with van der Waals surface area (Å²) >= 11 is 0. The summed E-state index contributed by atoms with van der Waals surface area (Å²) in [6.07, 6.45) is 0. The van der Waals surface area contributed by atoms with E-state index in [0.29, 0.717) is 0 Å². The molecule has 0 heteroatoms. The molecule has 0 nitrogen and oxygen atoms in total. The van der Waals surface area contributed by atoms with Gasteiger partial charge in [-0.3, -0.25) is 0 Å². The highest BCUT2D eigenvalue weighted by molar-refractivity contribution is 5.90. The van der Waals surface area contributed by atoms with E-state index in [4.69, 9.17) is 0 Å². The minimum absolute atomic E-state index is 0.00826. The molecule has 0 fully saturated rings. The maximum absolute atomic E-state index is 2.56. The highest BCUT2D eigenvalue weighted by atomic mass is 14.5. The van der Waals surface area contributed by atoms with E-state index in [1.54, 1.807) is 0 Å². The van der Waals surface area contributed by atoms with Crippen molar-refractivity contribution in [2.24, 2.45) is 0 Å². The molecule has 0 bridgehead atoms. The fourth-order valence-corrected chi connectivity index (χ4v) is 10.4. The van der Waals surface area contributed by atoms with Crippen molar-refractivity contribution in [3.8, 4) is 33.4 Å². The Morgan fingerprint density at radius 3 is 1.60 bits per heavy atom. The van der Waals surface area contributed by atoms with Gasteiger partial charge in [0.15, 0.2) is 0 Å². The molecule has 0 saturated carbocycles. The van der Waals surface area contributed by atoms with Gasteiger partial charge in [-0.1, -0.05) is 214 Å².